The zero-order valence-electron chi connectivity index (χ0n) is 11.9. The molecule has 1 aromatic rings. The second kappa shape index (κ2) is 5.89. The Morgan fingerprint density at radius 3 is 2.67 bits per heavy atom. The van der Waals surface area contributed by atoms with E-state index in [0.29, 0.717) is 18.6 Å². The lowest BCUT2D eigenvalue weighted by molar-refractivity contribution is 0.152. The summed E-state index contributed by atoms with van der Waals surface area (Å²) >= 11 is 0. The van der Waals surface area contributed by atoms with E-state index in [4.69, 9.17) is 0 Å². The molecule has 102 valence electrons. The van der Waals surface area contributed by atoms with Crippen LogP contribution in [-0.2, 0) is 13.6 Å². The quantitative estimate of drug-likeness (QED) is 0.860. The van der Waals surface area contributed by atoms with Crippen molar-refractivity contribution < 1.29 is 5.11 Å². The van der Waals surface area contributed by atoms with Gasteiger partial charge in [-0.15, -0.1) is 0 Å². The van der Waals surface area contributed by atoms with Crippen molar-refractivity contribution >= 4 is 0 Å². The lowest BCUT2D eigenvalue weighted by atomic mass is 9.85. The fraction of sp³-hybridized carbons (Fsp3) is 0.733. The molecule has 1 aliphatic carbocycles. The zero-order chi connectivity index (χ0) is 13.1. The lowest BCUT2D eigenvalue weighted by Crippen LogP contribution is -2.39. The van der Waals surface area contributed by atoms with Crippen molar-refractivity contribution in [3.05, 3.63) is 23.0 Å². The van der Waals surface area contributed by atoms with Gasteiger partial charge in [-0.25, -0.2) is 0 Å². The molecule has 18 heavy (non-hydrogen) atoms. The predicted molar refractivity (Wildman–Crippen MR) is 74.6 cm³/mol. The summed E-state index contributed by atoms with van der Waals surface area (Å²) < 4.78 is 2.24. The SMILES string of the molecule is Cc1cc(CNC2CCCCC2CO)c(C)n1C. The number of nitrogens with one attached hydrogen (secondary N) is 1. The minimum absolute atomic E-state index is 0.324. The third kappa shape index (κ3) is 2.78. The van der Waals surface area contributed by atoms with E-state index in [1.165, 1.54) is 42.6 Å². The summed E-state index contributed by atoms with van der Waals surface area (Å²) in [5.41, 5.74) is 4.04. The molecule has 2 unspecified atom stereocenters. The monoisotopic (exact) mass is 250 g/mol. The second-order valence-electron chi connectivity index (χ2n) is 5.67. The van der Waals surface area contributed by atoms with E-state index in [9.17, 15) is 5.11 Å². The van der Waals surface area contributed by atoms with Crippen LogP contribution in [0.2, 0.25) is 0 Å². The molecule has 3 heteroatoms. The topological polar surface area (TPSA) is 37.2 Å². The summed E-state index contributed by atoms with van der Waals surface area (Å²) in [7, 11) is 2.12. The number of aliphatic hydroxyl groups is 1. The smallest absolute Gasteiger partial charge is 0.0474 e. The Hall–Kier alpha value is -0.800. The van der Waals surface area contributed by atoms with E-state index in [0.717, 1.165) is 6.54 Å². The average molecular weight is 250 g/mol. The van der Waals surface area contributed by atoms with Crippen LogP contribution in [0.15, 0.2) is 6.07 Å². The average Bonchev–Trinajstić information content (AvgIpc) is 2.64. The Bertz CT molecular complexity index is 397. The number of aryl methyl sites for hydroxylation is 1. The minimum atomic E-state index is 0.324. The molecule has 3 nitrogen and oxygen atoms in total. The first-order valence-corrected chi connectivity index (χ1v) is 7.09. The van der Waals surface area contributed by atoms with Crippen LogP contribution in [0.25, 0.3) is 0 Å². The van der Waals surface area contributed by atoms with Gasteiger partial charge < -0.3 is 15.0 Å². The molecule has 1 heterocycles. The number of nitrogens with zero attached hydrogens (tertiary/aromatic N) is 1. The van der Waals surface area contributed by atoms with Crippen LogP contribution in [0.4, 0.5) is 0 Å². The van der Waals surface area contributed by atoms with E-state index in [1.807, 2.05) is 0 Å². The molecule has 1 fully saturated rings. The van der Waals surface area contributed by atoms with E-state index in [2.05, 4.69) is 36.8 Å². The predicted octanol–water partition coefficient (Wildman–Crippen LogP) is 2.28. The maximum Gasteiger partial charge on any atom is 0.0474 e. The van der Waals surface area contributed by atoms with Gasteiger partial charge in [0.15, 0.2) is 0 Å². The number of aromatic nitrogens is 1. The van der Waals surface area contributed by atoms with Gasteiger partial charge >= 0.3 is 0 Å². The van der Waals surface area contributed by atoms with Crippen LogP contribution in [0.5, 0.6) is 0 Å². The van der Waals surface area contributed by atoms with Crippen LogP contribution in [0.3, 0.4) is 0 Å². The van der Waals surface area contributed by atoms with Gasteiger partial charge in [0.2, 0.25) is 0 Å². The fourth-order valence-electron chi connectivity index (χ4n) is 3.05. The van der Waals surface area contributed by atoms with Gasteiger partial charge in [-0.05, 0) is 44.2 Å². The molecule has 1 aromatic heterocycles. The van der Waals surface area contributed by atoms with Gasteiger partial charge in [-0.1, -0.05) is 12.8 Å². The number of rotatable bonds is 4. The molecule has 1 saturated carbocycles. The van der Waals surface area contributed by atoms with E-state index in [1.54, 1.807) is 0 Å². The molecule has 0 amide bonds. The normalized spacial score (nSPS) is 24.4. The summed E-state index contributed by atoms with van der Waals surface area (Å²) in [4.78, 5) is 0. The van der Waals surface area contributed by atoms with Gasteiger partial charge in [0, 0.05) is 37.6 Å². The van der Waals surface area contributed by atoms with Gasteiger partial charge in [0.1, 0.15) is 0 Å². The Balaban J connectivity index is 1.95. The van der Waals surface area contributed by atoms with E-state index >= 15 is 0 Å². The Morgan fingerprint density at radius 2 is 2.06 bits per heavy atom. The van der Waals surface area contributed by atoms with Gasteiger partial charge in [-0.2, -0.15) is 0 Å². The highest BCUT2D eigenvalue weighted by atomic mass is 16.3. The third-order valence-corrected chi connectivity index (χ3v) is 4.58. The maximum absolute atomic E-state index is 9.42. The lowest BCUT2D eigenvalue weighted by Gasteiger charge is -2.31. The molecule has 2 N–H and O–H groups in total. The Labute approximate surface area is 110 Å². The third-order valence-electron chi connectivity index (χ3n) is 4.58. The molecule has 1 aliphatic rings. The maximum atomic E-state index is 9.42. The Morgan fingerprint density at radius 1 is 1.33 bits per heavy atom. The highest BCUT2D eigenvalue weighted by Crippen LogP contribution is 2.24. The minimum Gasteiger partial charge on any atom is -0.396 e. The molecular weight excluding hydrogens is 224 g/mol. The number of hydrogen-bond acceptors (Lipinski definition) is 2. The molecule has 0 spiro atoms. The van der Waals surface area contributed by atoms with Gasteiger partial charge in [0.05, 0.1) is 0 Å². The standard InChI is InChI=1S/C15H26N2O/c1-11-8-14(12(2)17(11)3)9-16-15-7-5-4-6-13(15)10-18/h8,13,15-16,18H,4-7,9-10H2,1-3H3. The van der Waals surface area contributed by atoms with Crippen LogP contribution in [0, 0.1) is 19.8 Å². The molecule has 0 saturated heterocycles. The molecule has 0 aromatic carbocycles. The highest BCUT2D eigenvalue weighted by Gasteiger charge is 2.24. The summed E-state index contributed by atoms with van der Waals surface area (Å²) in [6.07, 6.45) is 4.94. The molecule has 0 bridgehead atoms. The van der Waals surface area contributed by atoms with Crippen molar-refractivity contribution in [2.24, 2.45) is 13.0 Å². The first kappa shape index (κ1) is 13.6. The van der Waals surface area contributed by atoms with Crippen LogP contribution in [0.1, 0.15) is 42.6 Å². The molecule has 0 aliphatic heterocycles. The number of aliphatic hydroxyl groups excluding tert-OH is 1. The fourth-order valence-corrected chi connectivity index (χ4v) is 3.05. The van der Waals surface area contributed by atoms with Crippen LogP contribution < -0.4 is 5.32 Å². The summed E-state index contributed by atoms with van der Waals surface area (Å²) in [6, 6.07) is 2.75. The van der Waals surface area contributed by atoms with Crippen molar-refractivity contribution in [2.45, 2.75) is 52.1 Å². The summed E-state index contributed by atoms with van der Waals surface area (Å²) in [5, 5.41) is 13.1. The second-order valence-corrected chi connectivity index (χ2v) is 5.67. The zero-order valence-corrected chi connectivity index (χ0v) is 11.9. The van der Waals surface area contributed by atoms with Crippen molar-refractivity contribution in [3.8, 4) is 0 Å². The van der Waals surface area contributed by atoms with E-state index < -0.39 is 0 Å². The van der Waals surface area contributed by atoms with Crippen molar-refractivity contribution in [1.29, 1.82) is 0 Å². The molecular formula is C15H26N2O. The molecule has 0 radical (unpaired) electrons. The number of hydrogen-bond donors (Lipinski definition) is 2. The van der Waals surface area contributed by atoms with Gasteiger partial charge in [0.25, 0.3) is 0 Å². The first-order valence-electron chi connectivity index (χ1n) is 7.09. The summed E-state index contributed by atoms with van der Waals surface area (Å²) in [6.45, 7) is 5.57. The van der Waals surface area contributed by atoms with Crippen molar-refractivity contribution in [3.63, 3.8) is 0 Å². The van der Waals surface area contributed by atoms with Crippen LogP contribution >= 0.6 is 0 Å². The van der Waals surface area contributed by atoms with Crippen LogP contribution in [-0.4, -0.2) is 22.3 Å². The largest absolute Gasteiger partial charge is 0.396 e. The highest BCUT2D eigenvalue weighted by molar-refractivity contribution is 5.26. The molecule has 2 rings (SSSR count). The van der Waals surface area contributed by atoms with Crippen molar-refractivity contribution in [2.75, 3.05) is 6.61 Å². The van der Waals surface area contributed by atoms with E-state index in [-0.39, 0.29) is 0 Å². The molecule has 2 atom stereocenters. The van der Waals surface area contributed by atoms with Gasteiger partial charge in [-0.3, -0.25) is 0 Å². The van der Waals surface area contributed by atoms with Crippen molar-refractivity contribution in [1.82, 2.24) is 9.88 Å². The summed E-state index contributed by atoms with van der Waals surface area (Å²) in [5.74, 6) is 0.448. The Kier molecular flexibility index (Phi) is 4.46. The first-order chi connectivity index (χ1) is 8.63.